The summed E-state index contributed by atoms with van der Waals surface area (Å²) in [4.78, 5) is 0. The molecule has 0 saturated heterocycles. The smallest absolute Gasteiger partial charge is 0.235 e. The van der Waals surface area contributed by atoms with Gasteiger partial charge in [-0.3, -0.25) is 0 Å². The van der Waals surface area contributed by atoms with E-state index in [0.29, 0.717) is 13.0 Å². The lowest BCUT2D eigenvalue weighted by molar-refractivity contribution is -0.673. The molecule has 5 nitrogen and oxygen atoms in total. The van der Waals surface area contributed by atoms with E-state index in [1.54, 1.807) is 18.4 Å². The molecular formula is C13H17NO4S2. The van der Waals surface area contributed by atoms with Crippen molar-refractivity contribution in [2.45, 2.75) is 32.1 Å². The molecule has 0 aliphatic heterocycles. The minimum absolute atomic E-state index is 0.306. The minimum Gasteiger partial charge on any atom is -0.748 e. The third-order valence-corrected chi connectivity index (χ3v) is 5.65. The predicted octanol–water partition coefficient (Wildman–Crippen LogP) is 1.83. The van der Waals surface area contributed by atoms with Crippen molar-refractivity contribution in [1.29, 1.82) is 0 Å². The number of benzene rings is 1. The number of nitrogens with zero attached hydrogens (tertiary/aromatic N) is 1. The summed E-state index contributed by atoms with van der Waals surface area (Å²) in [6.07, 6.45) is 0.306. The lowest BCUT2D eigenvalue weighted by Gasteiger charge is -2.13. The van der Waals surface area contributed by atoms with Gasteiger partial charge in [-0.2, -0.15) is 4.57 Å². The van der Waals surface area contributed by atoms with Gasteiger partial charge < -0.3 is 9.29 Å². The Morgan fingerprint density at radius 3 is 2.75 bits per heavy atom. The van der Waals surface area contributed by atoms with Crippen LogP contribution in [0.15, 0.2) is 18.2 Å². The maximum Gasteiger partial charge on any atom is 0.235 e. The molecule has 7 heteroatoms. The number of hydrogen-bond acceptors (Lipinski definition) is 5. The highest BCUT2D eigenvalue weighted by atomic mass is 32.2. The van der Waals surface area contributed by atoms with Crippen LogP contribution in [0.2, 0.25) is 0 Å². The molecule has 1 aromatic heterocycles. The average molecular weight is 315 g/mol. The highest BCUT2D eigenvalue weighted by Crippen LogP contribution is 2.24. The first-order valence-corrected chi connectivity index (χ1v) is 8.53. The molecule has 0 fully saturated rings. The predicted molar refractivity (Wildman–Crippen MR) is 77.1 cm³/mol. The van der Waals surface area contributed by atoms with Gasteiger partial charge in [0.2, 0.25) is 10.5 Å². The van der Waals surface area contributed by atoms with E-state index in [1.165, 1.54) is 6.92 Å². The molecule has 0 saturated carbocycles. The number of methoxy groups -OCH3 is 1. The molecule has 2 rings (SSSR count). The van der Waals surface area contributed by atoms with Crippen molar-refractivity contribution in [2.75, 3.05) is 7.11 Å². The summed E-state index contributed by atoms with van der Waals surface area (Å²) >= 11 is 1.64. The quantitative estimate of drug-likeness (QED) is 0.623. The molecule has 0 N–H and O–H groups in total. The molecule has 20 heavy (non-hydrogen) atoms. The lowest BCUT2D eigenvalue weighted by Crippen LogP contribution is -2.37. The van der Waals surface area contributed by atoms with E-state index in [2.05, 4.69) is 0 Å². The lowest BCUT2D eigenvalue weighted by atomic mass is 10.3. The molecule has 0 amide bonds. The fourth-order valence-corrected chi connectivity index (χ4v) is 3.46. The molecule has 2 aromatic rings. The van der Waals surface area contributed by atoms with Crippen LogP contribution in [-0.4, -0.2) is 25.3 Å². The number of aryl methyl sites for hydroxylation is 2. The van der Waals surface area contributed by atoms with Crippen molar-refractivity contribution in [3.8, 4) is 5.75 Å². The minimum atomic E-state index is -4.22. The van der Waals surface area contributed by atoms with Crippen molar-refractivity contribution < 1.29 is 22.3 Å². The normalized spacial score (nSPS) is 13.6. The van der Waals surface area contributed by atoms with E-state index in [0.717, 1.165) is 21.0 Å². The van der Waals surface area contributed by atoms with Gasteiger partial charge in [-0.15, -0.1) is 0 Å². The highest BCUT2D eigenvalue weighted by molar-refractivity contribution is 7.86. The van der Waals surface area contributed by atoms with Gasteiger partial charge in [-0.25, -0.2) is 8.42 Å². The summed E-state index contributed by atoms with van der Waals surface area (Å²) in [6.45, 7) is 3.93. The second kappa shape index (κ2) is 5.67. The molecule has 0 unspecified atom stereocenters. The third kappa shape index (κ3) is 3.11. The van der Waals surface area contributed by atoms with E-state index < -0.39 is 15.4 Å². The maximum absolute atomic E-state index is 11.0. The monoisotopic (exact) mass is 315 g/mol. The van der Waals surface area contributed by atoms with Gasteiger partial charge in [0.25, 0.3) is 0 Å². The zero-order valence-electron chi connectivity index (χ0n) is 11.6. The summed E-state index contributed by atoms with van der Waals surface area (Å²) < 4.78 is 41.2. The summed E-state index contributed by atoms with van der Waals surface area (Å²) in [6, 6.07) is 5.80. The van der Waals surface area contributed by atoms with Gasteiger partial charge in [0.15, 0.2) is 6.54 Å². The topological polar surface area (TPSA) is 70.3 Å². The summed E-state index contributed by atoms with van der Waals surface area (Å²) in [5.74, 6) is 0.758. The molecule has 0 radical (unpaired) electrons. The summed E-state index contributed by atoms with van der Waals surface area (Å²) in [5, 5.41) is 0.193. The molecule has 0 aliphatic carbocycles. The Morgan fingerprint density at radius 2 is 2.15 bits per heavy atom. The first-order valence-electron chi connectivity index (χ1n) is 6.24. The van der Waals surface area contributed by atoms with Crippen molar-refractivity contribution in [1.82, 2.24) is 0 Å². The summed E-state index contributed by atoms with van der Waals surface area (Å²) in [7, 11) is -2.61. The van der Waals surface area contributed by atoms with Gasteiger partial charge in [0, 0.05) is 13.3 Å². The van der Waals surface area contributed by atoms with Crippen molar-refractivity contribution >= 4 is 31.7 Å². The van der Waals surface area contributed by atoms with Crippen LogP contribution in [0, 0.1) is 6.92 Å². The van der Waals surface area contributed by atoms with E-state index in [1.807, 2.05) is 29.7 Å². The highest BCUT2D eigenvalue weighted by Gasteiger charge is 2.20. The molecule has 0 spiro atoms. The van der Waals surface area contributed by atoms with Crippen LogP contribution >= 0.6 is 11.3 Å². The maximum atomic E-state index is 11.0. The molecule has 110 valence electrons. The zero-order chi connectivity index (χ0) is 14.9. The van der Waals surface area contributed by atoms with E-state index in [4.69, 9.17) is 4.74 Å². The van der Waals surface area contributed by atoms with Gasteiger partial charge >= 0.3 is 0 Å². The molecular weight excluding hydrogens is 298 g/mol. The Labute approximate surface area is 122 Å². The first-order chi connectivity index (χ1) is 9.32. The van der Waals surface area contributed by atoms with Crippen LogP contribution in [0.3, 0.4) is 0 Å². The second-order valence-electron chi connectivity index (χ2n) is 4.70. The number of ether oxygens (including phenoxy) is 1. The third-order valence-electron chi connectivity index (χ3n) is 3.35. The number of hydrogen-bond donors (Lipinski definition) is 0. The summed E-state index contributed by atoms with van der Waals surface area (Å²) in [5.41, 5.74) is 1.00. The number of rotatable bonds is 5. The van der Waals surface area contributed by atoms with Gasteiger partial charge in [-0.05, 0) is 19.1 Å². The zero-order valence-corrected chi connectivity index (χ0v) is 13.3. The fraction of sp³-hybridized carbons (Fsp3) is 0.462. The number of aromatic nitrogens is 1. The fourth-order valence-electron chi connectivity index (χ4n) is 2.04. The Hall–Kier alpha value is -1.18. The Kier molecular flexibility index (Phi) is 4.31. The van der Waals surface area contributed by atoms with Crippen LogP contribution in [0.25, 0.3) is 10.2 Å². The first kappa shape index (κ1) is 15.2. The van der Waals surface area contributed by atoms with Crippen LogP contribution in [0.1, 0.15) is 18.4 Å². The van der Waals surface area contributed by atoms with Crippen molar-refractivity contribution in [2.24, 2.45) is 0 Å². The molecule has 1 aromatic carbocycles. The van der Waals surface area contributed by atoms with E-state index in [-0.39, 0.29) is 0 Å². The van der Waals surface area contributed by atoms with Crippen LogP contribution in [0.4, 0.5) is 0 Å². The Bertz CT molecular complexity index is 721. The van der Waals surface area contributed by atoms with Crippen molar-refractivity contribution in [3.05, 3.63) is 23.2 Å². The van der Waals surface area contributed by atoms with Gasteiger partial charge in [-0.1, -0.05) is 11.3 Å². The average Bonchev–Trinajstić information content (AvgIpc) is 2.69. The standard InChI is InChI=1S/C13H17NO4S2/c1-9(20(15,16)17)6-7-14-10(2)19-13-5-4-11(18-3)8-12(13)14/h4-5,8-9H,6-7H2,1-3H3/t9-/m0/s1. The molecule has 1 heterocycles. The number of thiazole rings is 1. The molecule has 0 bridgehead atoms. The largest absolute Gasteiger partial charge is 0.748 e. The van der Waals surface area contributed by atoms with Crippen LogP contribution < -0.4 is 9.30 Å². The molecule has 0 aliphatic rings. The van der Waals surface area contributed by atoms with Crippen LogP contribution in [-0.2, 0) is 16.7 Å². The Morgan fingerprint density at radius 1 is 1.45 bits per heavy atom. The molecule has 1 atom stereocenters. The van der Waals surface area contributed by atoms with Gasteiger partial charge in [0.1, 0.15) is 10.4 Å². The SMILES string of the molecule is COc1ccc2sc(C)[n+](CC[C@H](C)S(=O)(=O)[O-])c2c1. The van der Waals surface area contributed by atoms with E-state index >= 15 is 0 Å². The van der Waals surface area contributed by atoms with Crippen molar-refractivity contribution in [3.63, 3.8) is 0 Å². The second-order valence-corrected chi connectivity index (χ2v) is 7.72. The number of fused-ring (bicyclic) bond motifs is 1. The van der Waals surface area contributed by atoms with E-state index in [9.17, 15) is 13.0 Å². The Balaban J connectivity index is 2.31. The van der Waals surface area contributed by atoms with Crippen LogP contribution in [0.5, 0.6) is 5.75 Å². The van der Waals surface area contributed by atoms with Gasteiger partial charge in [0.05, 0.1) is 28.5 Å².